The van der Waals surface area contributed by atoms with E-state index in [0.717, 1.165) is 34.2 Å². The van der Waals surface area contributed by atoms with Gasteiger partial charge in [-0.25, -0.2) is 0 Å². The van der Waals surface area contributed by atoms with Gasteiger partial charge >= 0.3 is 0 Å². The summed E-state index contributed by atoms with van der Waals surface area (Å²) in [6, 6.07) is 30.2. The molecule has 224 valence electrons. The van der Waals surface area contributed by atoms with Crippen LogP contribution in [0.1, 0.15) is 0 Å². The summed E-state index contributed by atoms with van der Waals surface area (Å²) in [6.07, 6.45) is 0. The van der Waals surface area contributed by atoms with Crippen molar-refractivity contribution >= 4 is 57.4 Å². The van der Waals surface area contributed by atoms with Crippen molar-refractivity contribution in [2.45, 2.75) is 0 Å². The lowest BCUT2D eigenvalue weighted by Gasteiger charge is -2.16. The number of hydrogen-bond acceptors (Lipinski definition) is 7. The third kappa shape index (κ3) is 10.3. The standard InChI is InChI=1S/C32H34N4O5S2/c1-37-25-15-11-23(12-16-25)33-31(42)35-27-7-3-5-9-29(27)40-21-19-39-20-22-41-30-10-6-4-8-28(30)36-32(43)34-24-13-17-26(38-2)18-14-24/h3-18H,19-22H2,1-2H3,(H2,33,35,42)(H2,34,36,43). The van der Waals surface area contributed by atoms with E-state index in [-0.39, 0.29) is 0 Å². The third-order valence-corrected chi connectivity index (χ3v) is 6.35. The molecule has 0 saturated carbocycles. The molecule has 4 rings (SSSR count). The summed E-state index contributed by atoms with van der Waals surface area (Å²) in [5, 5.41) is 13.6. The van der Waals surface area contributed by atoms with Gasteiger partial charge in [-0.15, -0.1) is 0 Å². The molecule has 0 atom stereocenters. The molecule has 9 nitrogen and oxygen atoms in total. The molecule has 4 N–H and O–H groups in total. The minimum absolute atomic E-state index is 0.362. The fourth-order valence-corrected chi connectivity index (χ4v) is 4.29. The van der Waals surface area contributed by atoms with Crippen LogP contribution in [0.4, 0.5) is 22.7 Å². The van der Waals surface area contributed by atoms with Gasteiger partial charge in [0.2, 0.25) is 0 Å². The first-order valence-electron chi connectivity index (χ1n) is 13.5. The molecule has 0 heterocycles. The normalized spacial score (nSPS) is 10.3. The van der Waals surface area contributed by atoms with Crippen molar-refractivity contribution in [1.82, 2.24) is 0 Å². The maximum Gasteiger partial charge on any atom is 0.175 e. The van der Waals surface area contributed by atoms with Gasteiger partial charge in [-0.2, -0.15) is 0 Å². The largest absolute Gasteiger partial charge is 0.497 e. The van der Waals surface area contributed by atoms with Crippen molar-refractivity contribution in [2.75, 3.05) is 61.9 Å². The van der Waals surface area contributed by atoms with E-state index in [1.165, 1.54) is 0 Å². The highest BCUT2D eigenvalue weighted by molar-refractivity contribution is 7.81. The van der Waals surface area contributed by atoms with E-state index in [1.807, 2.05) is 97.1 Å². The highest BCUT2D eigenvalue weighted by Crippen LogP contribution is 2.25. The molecule has 0 aromatic heterocycles. The number of ether oxygens (including phenoxy) is 5. The van der Waals surface area contributed by atoms with Crippen LogP contribution in [-0.4, -0.2) is 50.9 Å². The van der Waals surface area contributed by atoms with Gasteiger partial charge in [-0.3, -0.25) is 0 Å². The van der Waals surface area contributed by atoms with Gasteiger partial charge in [0.25, 0.3) is 0 Å². The van der Waals surface area contributed by atoms with Gasteiger partial charge in [-0.1, -0.05) is 24.3 Å². The van der Waals surface area contributed by atoms with Crippen LogP contribution in [-0.2, 0) is 4.74 Å². The summed E-state index contributed by atoms with van der Waals surface area (Å²) < 4.78 is 28.0. The maximum atomic E-state index is 5.94. The van der Waals surface area contributed by atoms with E-state index >= 15 is 0 Å². The van der Waals surface area contributed by atoms with Crippen molar-refractivity contribution in [3.63, 3.8) is 0 Å². The molecule has 0 radical (unpaired) electrons. The van der Waals surface area contributed by atoms with E-state index < -0.39 is 0 Å². The van der Waals surface area contributed by atoms with Gasteiger partial charge in [0.15, 0.2) is 10.2 Å². The smallest absolute Gasteiger partial charge is 0.175 e. The first kappa shape index (κ1) is 31.4. The van der Waals surface area contributed by atoms with E-state index in [1.54, 1.807) is 14.2 Å². The van der Waals surface area contributed by atoms with Crippen LogP contribution in [0.2, 0.25) is 0 Å². The number of anilines is 4. The molecular weight excluding hydrogens is 585 g/mol. The molecule has 0 aliphatic heterocycles. The molecule has 0 bridgehead atoms. The van der Waals surface area contributed by atoms with Crippen molar-refractivity contribution in [3.05, 3.63) is 97.1 Å². The van der Waals surface area contributed by atoms with Crippen molar-refractivity contribution < 1.29 is 23.7 Å². The molecule has 0 aliphatic carbocycles. The first-order valence-corrected chi connectivity index (χ1v) is 14.3. The Morgan fingerprint density at radius 2 is 0.907 bits per heavy atom. The highest BCUT2D eigenvalue weighted by Gasteiger charge is 2.08. The van der Waals surface area contributed by atoms with Crippen LogP contribution in [0.15, 0.2) is 97.1 Å². The Morgan fingerprint density at radius 3 is 1.30 bits per heavy atom. The Labute approximate surface area is 262 Å². The summed E-state index contributed by atoms with van der Waals surface area (Å²) in [6.45, 7) is 1.51. The Balaban J connectivity index is 1.16. The summed E-state index contributed by atoms with van der Waals surface area (Å²) in [5.41, 5.74) is 3.19. The van der Waals surface area contributed by atoms with Crippen LogP contribution in [0, 0.1) is 0 Å². The maximum absolute atomic E-state index is 5.94. The number of hydrogen-bond donors (Lipinski definition) is 4. The zero-order chi connectivity index (χ0) is 30.3. The number of methoxy groups -OCH3 is 2. The van der Waals surface area contributed by atoms with Crippen LogP contribution >= 0.6 is 24.4 Å². The van der Waals surface area contributed by atoms with Crippen LogP contribution in [0.3, 0.4) is 0 Å². The Hall–Kier alpha value is -4.58. The monoisotopic (exact) mass is 618 g/mol. The molecular formula is C32H34N4O5S2. The Bertz CT molecular complexity index is 1360. The van der Waals surface area contributed by atoms with Crippen LogP contribution in [0.25, 0.3) is 0 Å². The van der Waals surface area contributed by atoms with Crippen molar-refractivity contribution in [3.8, 4) is 23.0 Å². The van der Waals surface area contributed by atoms with Gasteiger partial charge in [0, 0.05) is 11.4 Å². The molecule has 0 amide bonds. The topological polar surface area (TPSA) is 94.3 Å². The van der Waals surface area contributed by atoms with E-state index in [9.17, 15) is 0 Å². The lowest BCUT2D eigenvalue weighted by atomic mass is 10.3. The van der Waals surface area contributed by atoms with Crippen molar-refractivity contribution in [2.24, 2.45) is 0 Å². The van der Waals surface area contributed by atoms with Gasteiger partial charge in [0.1, 0.15) is 36.2 Å². The fraction of sp³-hybridized carbons (Fsp3) is 0.188. The predicted molar refractivity (Wildman–Crippen MR) is 180 cm³/mol. The van der Waals surface area contributed by atoms with Crippen LogP contribution < -0.4 is 40.2 Å². The number of para-hydroxylation sites is 4. The van der Waals surface area contributed by atoms with Crippen LogP contribution in [0.5, 0.6) is 23.0 Å². The fourth-order valence-electron chi connectivity index (χ4n) is 3.83. The zero-order valence-electron chi connectivity index (χ0n) is 23.9. The average molecular weight is 619 g/mol. The zero-order valence-corrected chi connectivity index (χ0v) is 25.6. The first-order chi connectivity index (χ1) is 21.0. The Kier molecular flexibility index (Phi) is 12.2. The SMILES string of the molecule is COc1ccc(NC(=S)Nc2ccccc2OCCOCCOc2ccccc2NC(=S)Nc2ccc(OC)cc2)cc1. The molecule has 0 saturated heterocycles. The second kappa shape index (κ2) is 16.8. The third-order valence-electron chi connectivity index (χ3n) is 5.94. The molecule has 0 unspecified atom stereocenters. The second-order valence-electron chi connectivity index (χ2n) is 8.92. The molecule has 0 fully saturated rings. The highest BCUT2D eigenvalue weighted by atomic mass is 32.1. The minimum atomic E-state index is 0.362. The number of rotatable bonds is 14. The molecule has 0 aliphatic rings. The van der Waals surface area contributed by atoms with E-state index in [4.69, 9.17) is 48.1 Å². The lowest BCUT2D eigenvalue weighted by Crippen LogP contribution is -2.20. The van der Waals surface area contributed by atoms with Gasteiger partial charge < -0.3 is 45.0 Å². The minimum Gasteiger partial charge on any atom is -0.497 e. The van der Waals surface area contributed by atoms with Crippen molar-refractivity contribution in [1.29, 1.82) is 0 Å². The summed E-state index contributed by atoms with van der Waals surface area (Å²) in [4.78, 5) is 0. The van der Waals surface area contributed by atoms with E-state index in [2.05, 4.69) is 21.3 Å². The summed E-state index contributed by atoms with van der Waals surface area (Å²) in [7, 11) is 3.26. The second-order valence-corrected chi connectivity index (χ2v) is 9.73. The quantitative estimate of drug-likeness (QED) is 0.0888. The molecule has 0 spiro atoms. The number of benzene rings is 4. The molecule has 43 heavy (non-hydrogen) atoms. The molecule has 4 aromatic rings. The van der Waals surface area contributed by atoms with Gasteiger partial charge in [0.05, 0.1) is 38.8 Å². The predicted octanol–water partition coefficient (Wildman–Crippen LogP) is 6.80. The number of nitrogens with one attached hydrogen (secondary N) is 4. The summed E-state index contributed by atoms with van der Waals surface area (Å²) in [5.74, 6) is 2.89. The lowest BCUT2D eigenvalue weighted by molar-refractivity contribution is 0.0768. The molecule has 11 heteroatoms. The number of thiocarbonyl (C=S) groups is 2. The Morgan fingerprint density at radius 1 is 0.512 bits per heavy atom. The van der Waals surface area contributed by atoms with E-state index in [0.29, 0.717) is 48.2 Å². The summed E-state index contributed by atoms with van der Waals surface area (Å²) >= 11 is 10.9. The van der Waals surface area contributed by atoms with Gasteiger partial charge in [-0.05, 0) is 97.2 Å². The average Bonchev–Trinajstić information content (AvgIpc) is 3.02. The molecule has 4 aromatic carbocycles.